The van der Waals surface area contributed by atoms with Crippen LogP contribution < -0.4 is 10.6 Å². The molecule has 0 saturated heterocycles. The molecule has 0 aliphatic carbocycles. The molecule has 0 bridgehead atoms. The highest BCUT2D eigenvalue weighted by Crippen LogP contribution is 2.19. The van der Waals surface area contributed by atoms with E-state index in [2.05, 4.69) is 20.6 Å². The molecule has 1 amide bonds. The summed E-state index contributed by atoms with van der Waals surface area (Å²) >= 11 is 5.93. The van der Waals surface area contributed by atoms with Crippen molar-refractivity contribution in [3.63, 3.8) is 0 Å². The maximum atomic E-state index is 12.2. The largest absolute Gasteiger partial charge is 0.339 e. The monoisotopic (exact) mass is 349 g/mol. The standard InChI is InChI=1S/C18H12ClN5O/c19-13-5-3-6-14(8-13)23-17-11-21-16(10-22-17)18(25)24-15-7-2-1-4-12(15)9-20/h1-8,10-11H,(H,22,23)(H,24,25). The number of rotatable bonds is 4. The Labute approximate surface area is 149 Å². The molecule has 0 aliphatic heterocycles. The topological polar surface area (TPSA) is 90.7 Å². The Morgan fingerprint density at radius 2 is 1.92 bits per heavy atom. The van der Waals surface area contributed by atoms with Gasteiger partial charge in [-0.3, -0.25) is 4.79 Å². The maximum Gasteiger partial charge on any atom is 0.275 e. The van der Waals surface area contributed by atoms with Crippen LogP contribution in [0.1, 0.15) is 16.1 Å². The van der Waals surface area contributed by atoms with E-state index in [9.17, 15) is 4.79 Å². The summed E-state index contributed by atoms with van der Waals surface area (Å²) in [4.78, 5) is 20.5. The normalized spacial score (nSPS) is 9.92. The van der Waals surface area contributed by atoms with Crippen LogP contribution in [0.3, 0.4) is 0 Å². The summed E-state index contributed by atoms with van der Waals surface area (Å²) in [6.07, 6.45) is 2.81. The Morgan fingerprint density at radius 3 is 2.64 bits per heavy atom. The van der Waals surface area contributed by atoms with Crippen LogP contribution in [0.15, 0.2) is 60.9 Å². The molecule has 0 unspecified atom stereocenters. The van der Waals surface area contributed by atoms with Crippen molar-refractivity contribution in [2.75, 3.05) is 10.6 Å². The lowest BCUT2D eigenvalue weighted by Gasteiger charge is -2.08. The summed E-state index contributed by atoms with van der Waals surface area (Å²) in [6, 6.07) is 15.9. The molecule has 0 radical (unpaired) electrons. The highest BCUT2D eigenvalue weighted by Gasteiger charge is 2.11. The van der Waals surface area contributed by atoms with Crippen LogP contribution in [0.4, 0.5) is 17.2 Å². The van der Waals surface area contributed by atoms with Gasteiger partial charge < -0.3 is 10.6 Å². The van der Waals surface area contributed by atoms with Gasteiger partial charge in [0.15, 0.2) is 0 Å². The molecular weight excluding hydrogens is 338 g/mol. The first-order valence-electron chi connectivity index (χ1n) is 7.31. The van der Waals surface area contributed by atoms with Crippen molar-refractivity contribution in [1.29, 1.82) is 5.26 Å². The number of amides is 1. The zero-order chi connectivity index (χ0) is 17.6. The first kappa shape index (κ1) is 16.4. The zero-order valence-corrected chi connectivity index (χ0v) is 13.7. The van der Waals surface area contributed by atoms with E-state index in [0.717, 1.165) is 5.69 Å². The molecule has 3 rings (SSSR count). The van der Waals surface area contributed by atoms with E-state index in [1.165, 1.54) is 12.4 Å². The van der Waals surface area contributed by atoms with E-state index in [-0.39, 0.29) is 5.69 Å². The molecule has 0 saturated carbocycles. The second kappa shape index (κ2) is 7.43. The lowest BCUT2D eigenvalue weighted by molar-refractivity contribution is 0.102. The molecule has 2 aromatic carbocycles. The number of halogens is 1. The predicted molar refractivity (Wildman–Crippen MR) is 95.9 cm³/mol. The van der Waals surface area contributed by atoms with Gasteiger partial charge in [-0.1, -0.05) is 29.8 Å². The average Bonchev–Trinajstić information content (AvgIpc) is 2.63. The van der Waals surface area contributed by atoms with E-state index in [1.54, 1.807) is 36.4 Å². The van der Waals surface area contributed by atoms with Gasteiger partial charge >= 0.3 is 0 Å². The van der Waals surface area contributed by atoms with Gasteiger partial charge in [0, 0.05) is 10.7 Å². The number of hydrogen-bond acceptors (Lipinski definition) is 5. The minimum absolute atomic E-state index is 0.143. The van der Waals surface area contributed by atoms with Gasteiger partial charge in [-0.15, -0.1) is 0 Å². The number of benzene rings is 2. The number of nitrogens with one attached hydrogen (secondary N) is 2. The highest BCUT2D eigenvalue weighted by atomic mass is 35.5. The third kappa shape index (κ3) is 4.10. The van der Waals surface area contributed by atoms with Crippen molar-refractivity contribution in [2.45, 2.75) is 0 Å². The molecule has 1 aromatic heterocycles. The van der Waals surface area contributed by atoms with Crippen molar-refractivity contribution < 1.29 is 4.79 Å². The lowest BCUT2D eigenvalue weighted by atomic mass is 10.2. The van der Waals surface area contributed by atoms with E-state index in [0.29, 0.717) is 22.1 Å². The molecule has 0 fully saturated rings. The number of carbonyl (C=O) groups is 1. The van der Waals surface area contributed by atoms with Crippen molar-refractivity contribution in [3.8, 4) is 6.07 Å². The fraction of sp³-hybridized carbons (Fsp3) is 0. The molecule has 3 aromatic rings. The number of hydrogen-bond donors (Lipinski definition) is 2. The lowest BCUT2D eigenvalue weighted by Crippen LogP contribution is -2.15. The van der Waals surface area contributed by atoms with Crippen LogP contribution in [-0.4, -0.2) is 15.9 Å². The van der Waals surface area contributed by atoms with Crippen LogP contribution in [0, 0.1) is 11.3 Å². The number of aromatic nitrogens is 2. The Bertz CT molecular complexity index is 950. The molecule has 7 heteroatoms. The van der Waals surface area contributed by atoms with Crippen molar-refractivity contribution in [1.82, 2.24) is 9.97 Å². The van der Waals surface area contributed by atoms with Crippen LogP contribution in [0.2, 0.25) is 5.02 Å². The SMILES string of the molecule is N#Cc1ccccc1NC(=O)c1cnc(Nc2cccc(Cl)c2)cn1. The first-order chi connectivity index (χ1) is 12.2. The Kier molecular flexibility index (Phi) is 4.88. The van der Waals surface area contributed by atoms with Gasteiger partial charge in [0.05, 0.1) is 23.6 Å². The van der Waals surface area contributed by atoms with E-state index in [4.69, 9.17) is 16.9 Å². The first-order valence-corrected chi connectivity index (χ1v) is 7.68. The van der Waals surface area contributed by atoms with E-state index in [1.807, 2.05) is 18.2 Å². The van der Waals surface area contributed by atoms with E-state index < -0.39 is 5.91 Å². The van der Waals surface area contributed by atoms with Gasteiger partial charge in [-0.25, -0.2) is 9.97 Å². The number of para-hydroxylation sites is 1. The second-order valence-corrected chi connectivity index (χ2v) is 5.47. The van der Waals surface area contributed by atoms with Gasteiger partial charge in [-0.2, -0.15) is 5.26 Å². The molecule has 25 heavy (non-hydrogen) atoms. The van der Waals surface area contributed by atoms with Gasteiger partial charge in [-0.05, 0) is 30.3 Å². The van der Waals surface area contributed by atoms with Crippen molar-refractivity contribution in [3.05, 3.63) is 77.2 Å². The average molecular weight is 350 g/mol. The van der Waals surface area contributed by atoms with Gasteiger partial charge in [0.25, 0.3) is 5.91 Å². The fourth-order valence-electron chi connectivity index (χ4n) is 2.10. The number of carbonyl (C=O) groups excluding carboxylic acids is 1. The Morgan fingerprint density at radius 1 is 1.08 bits per heavy atom. The van der Waals surface area contributed by atoms with Crippen LogP contribution in [0.25, 0.3) is 0 Å². The van der Waals surface area contributed by atoms with Gasteiger partial charge in [0.2, 0.25) is 0 Å². The molecule has 0 atom stereocenters. The fourth-order valence-corrected chi connectivity index (χ4v) is 2.29. The van der Waals surface area contributed by atoms with Crippen LogP contribution in [0.5, 0.6) is 0 Å². The summed E-state index contributed by atoms with van der Waals surface area (Å²) in [6.45, 7) is 0. The minimum Gasteiger partial charge on any atom is -0.339 e. The Balaban J connectivity index is 1.71. The zero-order valence-electron chi connectivity index (χ0n) is 12.9. The molecule has 1 heterocycles. The smallest absolute Gasteiger partial charge is 0.275 e. The molecule has 2 N–H and O–H groups in total. The molecule has 122 valence electrons. The summed E-state index contributed by atoms with van der Waals surface area (Å²) in [7, 11) is 0. The third-order valence-electron chi connectivity index (χ3n) is 3.28. The molecule has 0 spiro atoms. The van der Waals surface area contributed by atoms with Crippen LogP contribution in [-0.2, 0) is 0 Å². The third-order valence-corrected chi connectivity index (χ3v) is 3.51. The van der Waals surface area contributed by atoms with Gasteiger partial charge in [0.1, 0.15) is 17.6 Å². The van der Waals surface area contributed by atoms with E-state index >= 15 is 0 Å². The number of anilines is 3. The second-order valence-electron chi connectivity index (χ2n) is 5.03. The Hall–Kier alpha value is -3.43. The van der Waals surface area contributed by atoms with Crippen molar-refractivity contribution in [2.24, 2.45) is 0 Å². The summed E-state index contributed by atoms with van der Waals surface area (Å²) in [5.74, 6) is 0.0424. The molecule has 0 aliphatic rings. The summed E-state index contributed by atoms with van der Waals surface area (Å²) < 4.78 is 0. The number of nitriles is 1. The molecular formula is C18H12ClN5O. The maximum absolute atomic E-state index is 12.2. The summed E-state index contributed by atoms with van der Waals surface area (Å²) in [5, 5.41) is 15.4. The molecule has 6 nitrogen and oxygen atoms in total. The number of nitrogens with zero attached hydrogens (tertiary/aromatic N) is 3. The summed E-state index contributed by atoms with van der Waals surface area (Å²) in [5.41, 5.74) is 1.72. The van der Waals surface area contributed by atoms with Crippen molar-refractivity contribution >= 4 is 34.7 Å². The quantitative estimate of drug-likeness (QED) is 0.743. The predicted octanol–water partition coefficient (Wildman–Crippen LogP) is 4.00. The minimum atomic E-state index is -0.440. The highest BCUT2D eigenvalue weighted by molar-refractivity contribution is 6.30. The van der Waals surface area contributed by atoms with Crippen LogP contribution >= 0.6 is 11.6 Å².